The summed E-state index contributed by atoms with van der Waals surface area (Å²) in [5.74, 6) is -2.74. The number of aliphatic carboxylic acids is 1. The van der Waals surface area contributed by atoms with Crippen LogP contribution in [0.15, 0.2) is 18.2 Å². The summed E-state index contributed by atoms with van der Waals surface area (Å²) in [4.78, 5) is 11.2. The molecule has 2 saturated carbocycles. The summed E-state index contributed by atoms with van der Waals surface area (Å²) in [6.45, 7) is 1.80. The van der Waals surface area contributed by atoms with E-state index in [2.05, 4.69) is 0 Å². The van der Waals surface area contributed by atoms with Crippen LogP contribution in [0.3, 0.4) is 0 Å². The van der Waals surface area contributed by atoms with Crippen LogP contribution in [0.2, 0.25) is 0 Å². The maximum absolute atomic E-state index is 12.7. The van der Waals surface area contributed by atoms with E-state index in [1.54, 1.807) is 25.1 Å². The lowest BCUT2D eigenvalue weighted by molar-refractivity contribution is -0.149. The molecule has 6 heteroatoms. The zero-order valence-corrected chi connectivity index (χ0v) is 11.4. The number of carboxylic acid groups (broad SMARTS) is 1. The number of hydrogen-bond acceptors (Lipinski definition) is 2. The van der Waals surface area contributed by atoms with Crippen molar-refractivity contribution in [1.29, 1.82) is 0 Å². The fourth-order valence-electron chi connectivity index (χ4n) is 2.62. The van der Waals surface area contributed by atoms with Crippen LogP contribution in [0.4, 0.5) is 13.2 Å². The number of carbonyl (C=O) groups is 1. The predicted octanol–water partition coefficient (Wildman–Crippen LogP) is 3.66. The third-order valence-electron chi connectivity index (χ3n) is 4.18. The second kappa shape index (κ2) is 4.39. The lowest BCUT2D eigenvalue weighted by atomic mass is 10.0. The highest BCUT2D eigenvalue weighted by molar-refractivity contribution is 5.81. The molecule has 1 aromatic carbocycles. The van der Waals surface area contributed by atoms with Crippen LogP contribution in [-0.4, -0.2) is 22.9 Å². The summed E-state index contributed by atoms with van der Waals surface area (Å²) >= 11 is 0. The van der Waals surface area contributed by atoms with Crippen molar-refractivity contribution in [3.8, 4) is 5.75 Å². The second-order valence-corrected chi connectivity index (χ2v) is 5.93. The maximum atomic E-state index is 12.7. The highest BCUT2D eigenvalue weighted by atomic mass is 19.4. The van der Waals surface area contributed by atoms with E-state index in [1.807, 2.05) is 0 Å². The Balaban J connectivity index is 1.87. The molecule has 0 radical (unpaired) electrons. The van der Waals surface area contributed by atoms with Gasteiger partial charge in [-0.05, 0) is 36.5 Å². The zero-order valence-electron chi connectivity index (χ0n) is 11.4. The first kappa shape index (κ1) is 14.2. The molecular weight excluding hydrogens is 285 g/mol. The average molecular weight is 300 g/mol. The molecule has 2 aliphatic rings. The van der Waals surface area contributed by atoms with Crippen molar-refractivity contribution in [3.63, 3.8) is 0 Å². The van der Waals surface area contributed by atoms with E-state index in [0.717, 1.165) is 5.56 Å². The minimum Gasteiger partial charge on any atom is -0.478 e. The van der Waals surface area contributed by atoms with E-state index in [1.165, 1.54) is 0 Å². The lowest BCUT2D eigenvalue weighted by Gasteiger charge is -2.18. The van der Waals surface area contributed by atoms with Gasteiger partial charge in [0.2, 0.25) is 5.60 Å². The third kappa shape index (κ3) is 2.59. The Morgan fingerprint density at radius 2 is 2.05 bits per heavy atom. The Kier molecular flexibility index (Phi) is 2.97. The van der Waals surface area contributed by atoms with Crippen molar-refractivity contribution in [2.24, 2.45) is 5.92 Å². The third-order valence-corrected chi connectivity index (χ3v) is 4.18. The normalized spacial score (nSPS) is 26.3. The van der Waals surface area contributed by atoms with E-state index in [0.29, 0.717) is 18.4 Å². The van der Waals surface area contributed by atoms with Crippen LogP contribution in [0, 0.1) is 12.8 Å². The average Bonchev–Trinajstić information content (AvgIpc) is 3.21. The summed E-state index contributed by atoms with van der Waals surface area (Å²) in [6, 6.07) is 4.98. The molecule has 0 amide bonds. The second-order valence-electron chi connectivity index (χ2n) is 5.93. The van der Waals surface area contributed by atoms with Gasteiger partial charge in [-0.25, -0.2) is 4.79 Å². The molecule has 0 spiro atoms. The van der Waals surface area contributed by atoms with E-state index >= 15 is 0 Å². The number of carboxylic acids is 1. The number of rotatable bonds is 4. The molecule has 114 valence electrons. The molecule has 0 aliphatic heterocycles. The summed E-state index contributed by atoms with van der Waals surface area (Å²) in [5, 5.41) is 9.16. The van der Waals surface area contributed by atoms with Crippen molar-refractivity contribution in [2.75, 3.05) is 0 Å². The van der Waals surface area contributed by atoms with Gasteiger partial charge in [-0.1, -0.05) is 12.1 Å². The van der Waals surface area contributed by atoms with E-state index in [-0.39, 0.29) is 12.2 Å². The molecule has 21 heavy (non-hydrogen) atoms. The molecule has 2 fully saturated rings. The molecule has 3 rings (SSSR count). The first-order chi connectivity index (χ1) is 9.73. The number of ether oxygens (including phenoxy) is 1. The highest BCUT2D eigenvalue weighted by Gasteiger charge is 2.58. The Labute approximate surface area is 119 Å². The van der Waals surface area contributed by atoms with E-state index in [9.17, 15) is 18.0 Å². The van der Waals surface area contributed by atoms with Crippen LogP contribution < -0.4 is 4.74 Å². The van der Waals surface area contributed by atoms with Gasteiger partial charge in [0, 0.05) is 12.8 Å². The smallest absolute Gasteiger partial charge is 0.392 e. The number of hydrogen-bond donors (Lipinski definition) is 1. The molecule has 0 bridgehead atoms. The Bertz CT molecular complexity index is 590. The largest absolute Gasteiger partial charge is 0.478 e. The number of alkyl halides is 3. The Morgan fingerprint density at radius 1 is 1.38 bits per heavy atom. The van der Waals surface area contributed by atoms with Crippen molar-refractivity contribution in [1.82, 2.24) is 0 Å². The molecule has 3 nitrogen and oxygen atoms in total. The zero-order chi connectivity index (χ0) is 15.4. The van der Waals surface area contributed by atoms with Gasteiger partial charge in [0.05, 0.1) is 5.92 Å². The molecule has 2 atom stereocenters. The SMILES string of the molecule is Cc1ccc(C2C[C@H]2C(F)(F)F)c(OC2(C(=O)O)CC2)c1. The number of halogens is 3. The van der Waals surface area contributed by atoms with Crippen LogP contribution in [0.1, 0.15) is 36.3 Å². The predicted molar refractivity (Wildman–Crippen MR) is 68.3 cm³/mol. The fourth-order valence-corrected chi connectivity index (χ4v) is 2.62. The monoisotopic (exact) mass is 300 g/mol. The van der Waals surface area contributed by atoms with Crippen LogP contribution in [-0.2, 0) is 4.79 Å². The molecule has 0 saturated heterocycles. The molecular formula is C15H15F3O3. The summed E-state index contributed by atoms with van der Waals surface area (Å²) in [6.07, 6.45) is -3.38. The first-order valence-corrected chi connectivity index (χ1v) is 6.83. The highest BCUT2D eigenvalue weighted by Crippen LogP contribution is 2.58. The summed E-state index contributed by atoms with van der Waals surface area (Å²) < 4.78 is 43.8. The van der Waals surface area contributed by atoms with Gasteiger partial charge in [-0.15, -0.1) is 0 Å². The van der Waals surface area contributed by atoms with Crippen molar-refractivity contribution < 1.29 is 27.8 Å². The first-order valence-electron chi connectivity index (χ1n) is 6.83. The van der Waals surface area contributed by atoms with Gasteiger partial charge < -0.3 is 9.84 Å². The maximum Gasteiger partial charge on any atom is 0.392 e. The summed E-state index contributed by atoms with van der Waals surface area (Å²) in [7, 11) is 0. The van der Waals surface area contributed by atoms with Gasteiger partial charge in [-0.3, -0.25) is 0 Å². The molecule has 1 unspecified atom stereocenters. The molecule has 1 N–H and O–H groups in total. The minimum absolute atomic E-state index is 0.0446. The topological polar surface area (TPSA) is 46.5 Å². The number of aryl methyl sites for hydroxylation is 1. The van der Waals surface area contributed by atoms with E-state index < -0.39 is 29.6 Å². The quantitative estimate of drug-likeness (QED) is 0.923. The van der Waals surface area contributed by atoms with Gasteiger partial charge in [0.1, 0.15) is 5.75 Å². The van der Waals surface area contributed by atoms with Crippen molar-refractivity contribution in [3.05, 3.63) is 29.3 Å². The van der Waals surface area contributed by atoms with Crippen LogP contribution in [0.25, 0.3) is 0 Å². The van der Waals surface area contributed by atoms with Gasteiger partial charge in [0.25, 0.3) is 0 Å². The fraction of sp³-hybridized carbons (Fsp3) is 0.533. The van der Waals surface area contributed by atoms with Crippen LogP contribution >= 0.6 is 0 Å². The number of benzene rings is 1. The molecule has 2 aliphatic carbocycles. The molecule has 0 aromatic heterocycles. The van der Waals surface area contributed by atoms with Gasteiger partial charge in [-0.2, -0.15) is 13.2 Å². The van der Waals surface area contributed by atoms with E-state index in [4.69, 9.17) is 9.84 Å². The molecule has 1 aromatic rings. The van der Waals surface area contributed by atoms with Gasteiger partial charge >= 0.3 is 12.1 Å². The minimum atomic E-state index is -4.21. The lowest BCUT2D eigenvalue weighted by Crippen LogP contribution is -2.29. The Morgan fingerprint density at radius 3 is 2.52 bits per heavy atom. The molecule has 0 heterocycles. The Hall–Kier alpha value is -1.72. The van der Waals surface area contributed by atoms with Crippen LogP contribution in [0.5, 0.6) is 5.75 Å². The standard InChI is InChI=1S/C15H15F3O3/c1-8-2-3-9(10-7-11(10)15(16,17)18)12(6-8)21-14(4-5-14)13(19)20/h2-3,6,10-11H,4-5,7H2,1H3,(H,19,20)/t10?,11-/m1/s1. The van der Waals surface area contributed by atoms with Crippen molar-refractivity contribution >= 4 is 5.97 Å². The van der Waals surface area contributed by atoms with Gasteiger partial charge in [0.15, 0.2) is 0 Å². The summed E-state index contributed by atoms with van der Waals surface area (Å²) in [5.41, 5.74) is 0.0557. The van der Waals surface area contributed by atoms with Crippen molar-refractivity contribution in [2.45, 2.75) is 43.9 Å².